The third kappa shape index (κ3) is 3.83. The smallest absolute Gasteiger partial charge is 0.313 e. The first-order valence-electron chi connectivity index (χ1n) is 12.6. The molecule has 0 aliphatic carbocycles. The summed E-state index contributed by atoms with van der Waals surface area (Å²) >= 11 is 0. The third-order valence-corrected chi connectivity index (χ3v) is 3.59. The van der Waals surface area contributed by atoms with Crippen LogP contribution >= 0.6 is 0 Å². The van der Waals surface area contributed by atoms with Crippen molar-refractivity contribution in [3.05, 3.63) is 82.7 Å². The summed E-state index contributed by atoms with van der Waals surface area (Å²) in [7, 11) is -5.75. The number of rotatable bonds is 5. The van der Waals surface area contributed by atoms with Crippen molar-refractivity contribution in [1.82, 2.24) is 0 Å². The van der Waals surface area contributed by atoms with Crippen LogP contribution in [0.2, 0.25) is 0 Å². The fraction of sp³-hybridized carbons (Fsp3) is 0.167. The molecule has 130 valence electrons. The van der Waals surface area contributed by atoms with Gasteiger partial charge in [-0.3, -0.25) is 4.79 Å². The molecule has 2 N–H and O–H groups in total. The molecule has 1 heterocycles. The van der Waals surface area contributed by atoms with Crippen LogP contribution in [0.15, 0.2) is 66.0 Å². The van der Waals surface area contributed by atoms with Gasteiger partial charge < -0.3 is 14.7 Å². The van der Waals surface area contributed by atoms with E-state index in [0.29, 0.717) is 0 Å². The number of carbonyl (C=O) groups excluding carboxylic acids is 1. The minimum Gasteiger partial charge on any atom is -0.460 e. The Bertz CT molecular complexity index is 1470. The summed E-state index contributed by atoms with van der Waals surface area (Å²) in [6.45, 7) is 1.26. The van der Waals surface area contributed by atoms with Crippen molar-refractivity contribution in [2.24, 2.45) is 5.73 Å². The molecule has 6 nitrogen and oxygen atoms in total. The van der Waals surface area contributed by atoms with Crippen LogP contribution in [0.4, 0.5) is 0 Å². The summed E-state index contributed by atoms with van der Waals surface area (Å²) in [6.07, 6.45) is -3.15. The van der Waals surface area contributed by atoms with Crippen molar-refractivity contribution >= 4 is 15.9 Å². The molecule has 0 aromatic heterocycles. The molecule has 25 heavy (non-hydrogen) atoms. The number of ketones is 1. The Labute approximate surface area is 162 Å². The summed E-state index contributed by atoms with van der Waals surface area (Å²) in [6, 6.07) is -8.33. The van der Waals surface area contributed by atoms with Crippen LogP contribution in [-0.4, -0.2) is 14.2 Å². The number of nitrogens with two attached hydrogens (primary N) is 1. The van der Waals surface area contributed by atoms with Gasteiger partial charge in [-0.2, -0.15) is 8.42 Å². The van der Waals surface area contributed by atoms with Gasteiger partial charge >= 0.3 is 10.1 Å². The molecular weight excluding hydrogens is 342 g/mol. The lowest BCUT2D eigenvalue weighted by Crippen LogP contribution is -2.16. The molecule has 0 radical (unpaired) electrons. The van der Waals surface area contributed by atoms with Crippen molar-refractivity contribution in [2.75, 3.05) is 0 Å². The first-order valence-corrected chi connectivity index (χ1v) is 7.97. The molecule has 2 aromatic rings. The fourth-order valence-electron chi connectivity index (χ4n) is 1.71. The lowest BCUT2D eigenvalue weighted by atomic mass is 10.0. The number of Topliss-reactive ketones (excluding diaryl/α,β-unsaturated/α-hetero) is 1. The van der Waals surface area contributed by atoms with Crippen molar-refractivity contribution in [1.29, 1.82) is 0 Å². The Morgan fingerprint density at radius 1 is 1.24 bits per heavy atom. The molecule has 0 bridgehead atoms. The van der Waals surface area contributed by atoms with Crippen molar-refractivity contribution in [3.8, 4) is 0 Å². The normalized spacial score (nSPS) is 27.8. The zero-order valence-corrected chi connectivity index (χ0v) is 13.3. The van der Waals surface area contributed by atoms with Gasteiger partial charge in [0, 0.05) is 5.56 Å². The quantitative estimate of drug-likeness (QED) is 0.810. The summed E-state index contributed by atoms with van der Waals surface area (Å²) < 4.78 is 130. The first-order chi connectivity index (χ1) is 16.7. The van der Waals surface area contributed by atoms with E-state index in [1.807, 2.05) is 0 Å². The van der Waals surface area contributed by atoms with Gasteiger partial charge in [0.2, 0.25) is 17.4 Å². The van der Waals surface area contributed by atoms with Gasteiger partial charge in [0.25, 0.3) is 0 Å². The van der Waals surface area contributed by atoms with Gasteiger partial charge in [0.15, 0.2) is 6.08 Å². The highest BCUT2D eigenvalue weighted by Gasteiger charge is 2.39. The SMILES string of the molecule is [2H]c1c([2H])c([2H])c(C([2H])([2H])S(=O)(=O)OC2=C(N)OC([2H])(c3c([2H])c([2H])c(C)c([2H])c3[2H])C2=O)c([2H])c1[2H]. The molecule has 2 aromatic carbocycles. The molecule has 0 saturated carbocycles. The van der Waals surface area contributed by atoms with Gasteiger partial charge in [0.05, 0.1) is 16.4 Å². The van der Waals surface area contributed by atoms with E-state index in [1.54, 1.807) is 0 Å². The van der Waals surface area contributed by atoms with Crippen LogP contribution in [0, 0.1) is 6.92 Å². The van der Waals surface area contributed by atoms with E-state index in [4.69, 9.17) is 26.9 Å². The van der Waals surface area contributed by atoms with E-state index >= 15 is 0 Å². The highest BCUT2D eigenvalue weighted by molar-refractivity contribution is 7.86. The summed E-state index contributed by atoms with van der Waals surface area (Å²) in [5, 5.41) is 0. The van der Waals surface area contributed by atoms with E-state index in [2.05, 4.69) is 4.18 Å². The zero-order chi connectivity index (χ0) is 28.6. The molecule has 0 fully saturated rings. The molecule has 0 amide bonds. The maximum atomic E-state index is 13.1. The standard InChI is InChI=1S/C18H17NO5S/c1-12-7-9-14(10-8-12)16-15(20)17(18(19)23-16)24-25(21,22)11-13-5-3-2-4-6-13/h2-10,16H,11,19H2,1H3/i2D,3D,4D,5D,6D,7D,8D,9D,10D,11D2,16D. The van der Waals surface area contributed by atoms with Gasteiger partial charge in [0.1, 0.15) is 5.70 Å². The molecule has 0 spiro atoms. The minimum absolute atomic E-state index is 0.111. The Hall–Kier alpha value is -2.80. The predicted octanol–water partition coefficient (Wildman–Crippen LogP) is 2.31. The molecule has 7 heteroatoms. The van der Waals surface area contributed by atoms with E-state index in [-0.39, 0.29) is 5.56 Å². The number of hydrogen-bond acceptors (Lipinski definition) is 6. The van der Waals surface area contributed by atoms with Crippen molar-refractivity contribution in [3.63, 3.8) is 0 Å². The monoisotopic (exact) mass is 371 g/mol. The van der Waals surface area contributed by atoms with E-state index in [0.717, 1.165) is 0 Å². The van der Waals surface area contributed by atoms with Crippen LogP contribution in [0.1, 0.15) is 39.2 Å². The summed E-state index contributed by atoms with van der Waals surface area (Å²) in [5.41, 5.74) is -0.660. The van der Waals surface area contributed by atoms with E-state index in [9.17, 15) is 13.2 Å². The van der Waals surface area contributed by atoms with Crippen LogP contribution in [0.3, 0.4) is 0 Å². The second kappa shape index (κ2) is 6.60. The Balaban J connectivity index is 2.12. The van der Waals surface area contributed by atoms with Crippen LogP contribution < -0.4 is 5.73 Å². The van der Waals surface area contributed by atoms with Gasteiger partial charge in [-0.1, -0.05) is 59.9 Å². The summed E-state index contributed by atoms with van der Waals surface area (Å²) in [4.78, 5) is 13.1. The molecular formula is C18H17NO5S. The molecule has 1 unspecified atom stereocenters. The van der Waals surface area contributed by atoms with Gasteiger partial charge in [-0.05, 0) is 12.5 Å². The molecule has 3 rings (SSSR count). The Morgan fingerprint density at radius 3 is 2.52 bits per heavy atom. The average molecular weight is 371 g/mol. The maximum Gasteiger partial charge on any atom is 0.313 e. The van der Waals surface area contributed by atoms with Crippen molar-refractivity contribution < 1.29 is 38.6 Å². The zero-order valence-electron chi connectivity index (χ0n) is 24.5. The lowest BCUT2D eigenvalue weighted by Gasteiger charge is -2.10. The Morgan fingerprint density at radius 2 is 1.88 bits per heavy atom. The minimum atomic E-state index is -5.75. The van der Waals surface area contributed by atoms with E-state index in [1.165, 1.54) is 6.92 Å². The largest absolute Gasteiger partial charge is 0.460 e. The highest BCUT2D eigenvalue weighted by atomic mass is 32.2. The lowest BCUT2D eigenvalue weighted by molar-refractivity contribution is -0.123. The summed E-state index contributed by atoms with van der Waals surface area (Å²) in [5.74, 6) is -4.32. The fourth-order valence-corrected chi connectivity index (χ4v) is 2.48. The number of benzene rings is 2. The maximum absolute atomic E-state index is 13.1. The second-order valence-corrected chi connectivity index (χ2v) is 5.87. The van der Waals surface area contributed by atoms with Gasteiger partial charge in [-0.25, -0.2) is 0 Å². The second-order valence-electron chi connectivity index (χ2n) is 4.59. The predicted molar refractivity (Wildman–Crippen MR) is 91.4 cm³/mol. The Kier molecular flexibility index (Phi) is 2.01. The third-order valence-electron chi connectivity index (χ3n) is 2.75. The van der Waals surface area contributed by atoms with Crippen LogP contribution in [-0.2, 0) is 29.5 Å². The van der Waals surface area contributed by atoms with Crippen molar-refractivity contribution in [2.45, 2.75) is 18.7 Å². The number of ether oxygens (including phenoxy) is 1. The topological polar surface area (TPSA) is 95.7 Å². The molecule has 1 atom stereocenters. The average Bonchev–Trinajstić information content (AvgIpc) is 3.01. The number of hydrogen-bond donors (Lipinski definition) is 1. The molecule has 0 saturated heterocycles. The molecule has 1 aliphatic heterocycles. The van der Waals surface area contributed by atoms with Gasteiger partial charge in [-0.15, -0.1) is 0 Å². The highest BCUT2D eigenvalue weighted by Crippen LogP contribution is 2.32. The molecule has 1 aliphatic rings. The van der Waals surface area contributed by atoms with E-state index < -0.39 is 105 Å². The van der Waals surface area contributed by atoms with Crippen LogP contribution in [0.25, 0.3) is 0 Å². The van der Waals surface area contributed by atoms with Crippen LogP contribution in [0.5, 0.6) is 0 Å². The first kappa shape index (κ1) is 7.61. The number of carbonyl (C=O) groups is 1.